The van der Waals surface area contributed by atoms with Crippen molar-refractivity contribution in [3.05, 3.63) is 29.8 Å². The van der Waals surface area contributed by atoms with E-state index in [0.29, 0.717) is 0 Å². The van der Waals surface area contributed by atoms with Crippen LogP contribution in [0.2, 0.25) is 0 Å². The SMILES string of the molecule is CC[C@]1(c2cccc(OC)c2)CCCC/C1=N\O. The lowest BCUT2D eigenvalue weighted by molar-refractivity contribution is 0.302. The van der Waals surface area contributed by atoms with Crippen LogP contribution in [0.15, 0.2) is 29.4 Å². The van der Waals surface area contributed by atoms with Gasteiger partial charge in [0.2, 0.25) is 0 Å². The highest BCUT2D eigenvalue weighted by atomic mass is 16.5. The Kier molecular flexibility index (Phi) is 3.90. The summed E-state index contributed by atoms with van der Waals surface area (Å²) in [7, 11) is 1.68. The summed E-state index contributed by atoms with van der Waals surface area (Å²) >= 11 is 0. The lowest BCUT2D eigenvalue weighted by atomic mass is 9.66. The van der Waals surface area contributed by atoms with Crippen molar-refractivity contribution >= 4 is 5.71 Å². The number of rotatable bonds is 3. The molecule has 2 rings (SSSR count). The summed E-state index contributed by atoms with van der Waals surface area (Å²) in [6, 6.07) is 8.14. The summed E-state index contributed by atoms with van der Waals surface area (Å²) in [6.45, 7) is 2.16. The second-order valence-electron chi connectivity index (χ2n) is 4.92. The first-order chi connectivity index (χ1) is 8.76. The smallest absolute Gasteiger partial charge is 0.119 e. The van der Waals surface area contributed by atoms with Crippen LogP contribution in [0.25, 0.3) is 0 Å². The molecule has 0 radical (unpaired) electrons. The van der Waals surface area contributed by atoms with Crippen LogP contribution in [0.1, 0.15) is 44.6 Å². The zero-order valence-corrected chi connectivity index (χ0v) is 11.1. The minimum atomic E-state index is -0.110. The lowest BCUT2D eigenvalue weighted by Gasteiger charge is -2.37. The molecule has 3 nitrogen and oxygen atoms in total. The first kappa shape index (κ1) is 12.9. The third kappa shape index (κ3) is 2.09. The monoisotopic (exact) mass is 247 g/mol. The topological polar surface area (TPSA) is 41.8 Å². The molecule has 1 aromatic carbocycles. The summed E-state index contributed by atoms with van der Waals surface area (Å²) in [4.78, 5) is 0. The van der Waals surface area contributed by atoms with Crippen LogP contribution < -0.4 is 4.74 Å². The van der Waals surface area contributed by atoms with Gasteiger partial charge in [0.15, 0.2) is 0 Å². The maximum atomic E-state index is 9.30. The second kappa shape index (κ2) is 5.42. The van der Waals surface area contributed by atoms with E-state index in [-0.39, 0.29) is 5.41 Å². The molecule has 98 valence electrons. The Morgan fingerprint density at radius 1 is 1.39 bits per heavy atom. The first-order valence-corrected chi connectivity index (χ1v) is 6.63. The molecule has 0 spiro atoms. The molecule has 0 saturated heterocycles. The van der Waals surface area contributed by atoms with Crippen molar-refractivity contribution in [2.45, 2.75) is 44.4 Å². The second-order valence-corrected chi connectivity index (χ2v) is 4.92. The Hall–Kier alpha value is -1.51. The van der Waals surface area contributed by atoms with E-state index in [1.807, 2.05) is 12.1 Å². The molecule has 0 heterocycles. The zero-order chi connectivity index (χ0) is 13.0. The average Bonchev–Trinajstić information content (AvgIpc) is 2.47. The lowest BCUT2D eigenvalue weighted by Crippen LogP contribution is -2.38. The highest BCUT2D eigenvalue weighted by Gasteiger charge is 2.38. The van der Waals surface area contributed by atoms with E-state index in [2.05, 4.69) is 24.2 Å². The summed E-state index contributed by atoms with van der Waals surface area (Å²) in [5.74, 6) is 0.864. The number of ether oxygens (including phenoxy) is 1. The molecule has 1 aliphatic rings. The van der Waals surface area contributed by atoms with Crippen LogP contribution >= 0.6 is 0 Å². The standard InChI is InChI=1S/C15H21NO2/c1-3-15(10-5-4-9-14(15)16-17)12-7-6-8-13(11-12)18-2/h6-8,11,17H,3-5,9-10H2,1-2H3/b16-14+/t15-/m1/s1. The average molecular weight is 247 g/mol. The molecule has 1 atom stereocenters. The predicted octanol–water partition coefficient (Wildman–Crippen LogP) is 3.75. The van der Waals surface area contributed by atoms with Gasteiger partial charge in [-0.2, -0.15) is 0 Å². The van der Waals surface area contributed by atoms with Gasteiger partial charge in [0.25, 0.3) is 0 Å². The molecule has 0 amide bonds. The van der Waals surface area contributed by atoms with Crippen LogP contribution in [0.3, 0.4) is 0 Å². The van der Waals surface area contributed by atoms with Gasteiger partial charge in [-0.3, -0.25) is 0 Å². The van der Waals surface area contributed by atoms with Crippen LogP contribution in [0.4, 0.5) is 0 Å². The van der Waals surface area contributed by atoms with Crippen molar-refractivity contribution < 1.29 is 9.94 Å². The molecule has 1 aromatic rings. The van der Waals surface area contributed by atoms with E-state index in [9.17, 15) is 5.21 Å². The van der Waals surface area contributed by atoms with Gasteiger partial charge in [-0.25, -0.2) is 0 Å². The minimum Gasteiger partial charge on any atom is -0.497 e. The van der Waals surface area contributed by atoms with Crippen LogP contribution in [0.5, 0.6) is 5.75 Å². The van der Waals surface area contributed by atoms with Gasteiger partial charge in [0, 0.05) is 5.41 Å². The Bertz CT molecular complexity index is 442. The summed E-state index contributed by atoms with van der Waals surface area (Å²) in [5, 5.41) is 12.9. The molecule has 18 heavy (non-hydrogen) atoms. The molecule has 0 aromatic heterocycles. The predicted molar refractivity (Wildman–Crippen MR) is 72.7 cm³/mol. The molecule has 0 unspecified atom stereocenters. The van der Waals surface area contributed by atoms with Crippen molar-refractivity contribution in [1.82, 2.24) is 0 Å². The summed E-state index contributed by atoms with van der Waals surface area (Å²) in [6.07, 6.45) is 5.20. The fourth-order valence-corrected chi connectivity index (χ4v) is 3.07. The number of benzene rings is 1. The van der Waals surface area contributed by atoms with Crippen molar-refractivity contribution in [3.8, 4) is 5.75 Å². The van der Waals surface area contributed by atoms with Crippen LogP contribution in [-0.2, 0) is 5.41 Å². The van der Waals surface area contributed by atoms with E-state index in [1.54, 1.807) is 7.11 Å². The van der Waals surface area contributed by atoms with Crippen molar-refractivity contribution in [2.75, 3.05) is 7.11 Å². The van der Waals surface area contributed by atoms with Crippen LogP contribution in [-0.4, -0.2) is 18.0 Å². The highest BCUT2D eigenvalue weighted by molar-refractivity contribution is 5.95. The number of hydrogen-bond acceptors (Lipinski definition) is 3. The van der Waals surface area contributed by atoms with Gasteiger partial charge in [0.1, 0.15) is 5.75 Å². The first-order valence-electron chi connectivity index (χ1n) is 6.63. The summed E-state index contributed by atoms with van der Waals surface area (Å²) < 4.78 is 5.30. The number of hydrogen-bond donors (Lipinski definition) is 1. The zero-order valence-electron chi connectivity index (χ0n) is 11.1. The third-order valence-corrected chi connectivity index (χ3v) is 4.17. The van der Waals surface area contributed by atoms with E-state index < -0.39 is 0 Å². The minimum absolute atomic E-state index is 0.110. The molecule has 1 aliphatic carbocycles. The van der Waals surface area contributed by atoms with E-state index in [4.69, 9.17) is 4.74 Å². The largest absolute Gasteiger partial charge is 0.497 e. The highest BCUT2D eigenvalue weighted by Crippen LogP contribution is 2.41. The number of oxime groups is 1. The van der Waals surface area contributed by atoms with Gasteiger partial charge in [-0.1, -0.05) is 30.6 Å². The van der Waals surface area contributed by atoms with Crippen molar-refractivity contribution in [2.24, 2.45) is 5.16 Å². The molecule has 1 N–H and O–H groups in total. The number of methoxy groups -OCH3 is 1. The van der Waals surface area contributed by atoms with Gasteiger partial charge in [-0.15, -0.1) is 0 Å². The molecule has 0 aliphatic heterocycles. The quantitative estimate of drug-likeness (QED) is 0.653. The van der Waals surface area contributed by atoms with E-state index >= 15 is 0 Å². The number of nitrogens with zero attached hydrogens (tertiary/aromatic N) is 1. The van der Waals surface area contributed by atoms with Crippen molar-refractivity contribution in [1.29, 1.82) is 0 Å². The maximum Gasteiger partial charge on any atom is 0.119 e. The van der Waals surface area contributed by atoms with E-state index in [1.165, 1.54) is 12.0 Å². The van der Waals surface area contributed by atoms with Crippen LogP contribution in [0, 0.1) is 0 Å². The molecule has 0 bridgehead atoms. The molecular weight excluding hydrogens is 226 g/mol. The maximum absolute atomic E-state index is 9.30. The Morgan fingerprint density at radius 2 is 2.22 bits per heavy atom. The molecule has 1 fully saturated rings. The summed E-state index contributed by atoms with van der Waals surface area (Å²) in [5.41, 5.74) is 2.02. The van der Waals surface area contributed by atoms with Gasteiger partial charge in [0.05, 0.1) is 12.8 Å². The Morgan fingerprint density at radius 3 is 2.89 bits per heavy atom. The van der Waals surface area contributed by atoms with Crippen molar-refractivity contribution in [3.63, 3.8) is 0 Å². The third-order valence-electron chi connectivity index (χ3n) is 4.17. The Labute approximate surface area is 108 Å². The van der Waals surface area contributed by atoms with Gasteiger partial charge < -0.3 is 9.94 Å². The normalized spacial score (nSPS) is 26.2. The molecular formula is C15H21NO2. The molecule has 1 saturated carbocycles. The van der Waals surface area contributed by atoms with Gasteiger partial charge in [-0.05, 0) is 43.4 Å². The fraction of sp³-hybridized carbons (Fsp3) is 0.533. The van der Waals surface area contributed by atoms with Gasteiger partial charge >= 0.3 is 0 Å². The fourth-order valence-electron chi connectivity index (χ4n) is 3.07. The van der Waals surface area contributed by atoms with E-state index in [0.717, 1.165) is 37.1 Å². The molecule has 3 heteroatoms. The Balaban J connectivity index is 2.47.